The number of aromatic nitrogens is 2. The van der Waals surface area contributed by atoms with E-state index < -0.39 is 0 Å². The van der Waals surface area contributed by atoms with E-state index in [1.807, 2.05) is 0 Å². The SMILES string of the molecule is CCn1ccc(Cn2cccc2)c1. The summed E-state index contributed by atoms with van der Waals surface area (Å²) in [5, 5.41) is 0. The lowest BCUT2D eigenvalue weighted by Crippen LogP contribution is -1.94. The molecule has 68 valence electrons. The molecule has 0 unspecified atom stereocenters. The van der Waals surface area contributed by atoms with Crippen LogP contribution in [-0.4, -0.2) is 9.13 Å². The Morgan fingerprint density at radius 3 is 2.46 bits per heavy atom. The highest BCUT2D eigenvalue weighted by atomic mass is 15.0. The first kappa shape index (κ1) is 8.17. The van der Waals surface area contributed by atoms with Gasteiger partial charge in [0.1, 0.15) is 0 Å². The molecule has 13 heavy (non-hydrogen) atoms. The lowest BCUT2D eigenvalue weighted by molar-refractivity contribution is 0.754. The van der Waals surface area contributed by atoms with Crippen molar-refractivity contribution in [2.75, 3.05) is 0 Å². The molecule has 2 heterocycles. The summed E-state index contributed by atoms with van der Waals surface area (Å²) in [6.07, 6.45) is 8.49. The van der Waals surface area contributed by atoms with Crippen molar-refractivity contribution < 1.29 is 0 Å². The number of aryl methyl sites for hydroxylation is 1. The van der Waals surface area contributed by atoms with Crippen LogP contribution in [0.5, 0.6) is 0 Å². The van der Waals surface area contributed by atoms with Crippen molar-refractivity contribution in [2.45, 2.75) is 20.0 Å². The van der Waals surface area contributed by atoms with E-state index in [0.29, 0.717) is 0 Å². The molecule has 0 saturated heterocycles. The van der Waals surface area contributed by atoms with Crippen LogP contribution in [-0.2, 0) is 13.1 Å². The van der Waals surface area contributed by atoms with Gasteiger partial charge >= 0.3 is 0 Å². The zero-order valence-corrected chi connectivity index (χ0v) is 7.85. The molecule has 0 aromatic carbocycles. The van der Waals surface area contributed by atoms with Gasteiger partial charge in [0.25, 0.3) is 0 Å². The Bertz CT molecular complexity index is 357. The van der Waals surface area contributed by atoms with Crippen molar-refractivity contribution in [1.29, 1.82) is 0 Å². The summed E-state index contributed by atoms with van der Waals surface area (Å²) in [6, 6.07) is 6.27. The highest BCUT2D eigenvalue weighted by Crippen LogP contribution is 2.04. The molecule has 0 saturated carbocycles. The highest BCUT2D eigenvalue weighted by molar-refractivity contribution is 5.11. The zero-order valence-electron chi connectivity index (χ0n) is 7.85. The first-order valence-corrected chi connectivity index (χ1v) is 4.64. The van der Waals surface area contributed by atoms with Gasteiger partial charge in [-0.3, -0.25) is 0 Å². The molecular weight excluding hydrogens is 160 g/mol. The monoisotopic (exact) mass is 174 g/mol. The van der Waals surface area contributed by atoms with Gasteiger partial charge in [-0.05, 0) is 30.7 Å². The Hall–Kier alpha value is -1.44. The second-order valence-electron chi connectivity index (χ2n) is 3.21. The standard InChI is InChI=1S/C11H14N2/c1-2-12-8-5-11(9-12)10-13-6-3-4-7-13/h3-9H,2,10H2,1H3. The smallest absolute Gasteiger partial charge is 0.0485 e. The number of nitrogens with zero attached hydrogens (tertiary/aromatic N) is 2. The van der Waals surface area contributed by atoms with Crippen LogP contribution >= 0.6 is 0 Å². The first-order chi connectivity index (χ1) is 6.38. The quantitative estimate of drug-likeness (QED) is 0.676. The Balaban J connectivity index is 2.10. The van der Waals surface area contributed by atoms with Crippen LogP contribution in [0.1, 0.15) is 12.5 Å². The predicted molar refractivity (Wildman–Crippen MR) is 53.6 cm³/mol. The topological polar surface area (TPSA) is 9.86 Å². The van der Waals surface area contributed by atoms with E-state index in [0.717, 1.165) is 13.1 Å². The number of rotatable bonds is 3. The van der Waals surface area contributed by atoms with E-state index in [4.69, 9.17) is 0 Å². The summed E-state index contributed by atoms with van der Waals surface area (Å²) in [5.74, 6) is 0. The van der Waals surface area contributed by atoms with Crippen molar-refractivity contribution >= 4 is 0 Å². The highest BCUT2D eigenvalue weighted by Gasteiger charge is 1.95. The van der Waals surface area contributed by atoms with Gasteiger partial charge in [-0.15, -0.1) is 0 Å². The van der Waals surface area contributed by atoms with Gasteiger partial charge in [-0.2, -0.15) is 0 Å². The van der Waals surface area contributed by atoms with Gasteiger partial charge < -0.3 is 9.13 Å². The molecule has 2 nitrogen and oxygen atoms in total. The molecule has 0 fully saturated rings. The first-order valence-electron chi connectivity index (χ1n) is 4.64. The lowest BCUT2D eigenvalue weighted by atomic mass is 10.3. The van der Waals surface area contributed by atoms with Crippen molar-refractivity contribution in [3.05, 3.63) is 48.5 Å². The van der Waals surface area contributed by atoms with Crippen molar-refractivity contribution in [1.82, 2.24) is 9.13 Å². The fraction of sp³-hybridized carbons (Fsp3) is 0.273. The van der Waals surface area contributed by atoms with Crippen LogP contribution in [0.15, 0.2) is 43.0 Å². The number of hydrogen-bond donors (Lipinski definition) is 0. The van der Waals surface area contributed by atoms with E-state index in [-0.39, 0.29) is 0 Å². The predicted octanol–water partition coefficient (Wildman–Crippen LogP) is 2.36. The van der Waals surface area contributed by atoms with E-state index in [1.165, 1.54) is 5.56 Å². The second-order valence-corrected chi connectivity index (χ2v) is 3.21. The number of hydrogen-bond acceptors (Lipinski definition) is 0. The maximum Gasteiger partial charge on any atom is 0.0485 e. The molecular formula is C11H14N2. The molecule has 2 heteroatoms. The largest absolute Gasteiger partial charge is 0.354 e. The van der Waals surface area contributed by atoms with Gasteiger partial charge in [0.2, 0.25) is 0 Å². The molecule has 0 spiro atoms. The molecule has 2 rings (SSSR count). The van der Waals surface area contributed by atoms with Gasteiger partial charge in [0, 0.05) is 37.9 Å². The third-order valence-corrected chi connectivity index (χ3v) is 2.21. The molecule has 2 aromatic rings. The van der Waals surface area contributed by atoms with Crippen LogP contribution in [0.2, 0.25) is 0 Å². The van der Waals surface area contributed by atoms with Crippen molar-refractivity contribution in [3.8, 4) is 0 Å². The average molecular weight is 174 g/mol. The summed E-state index contributed by atoms with van der Waals surface area (Å²) in [4.78, 5) is 0. The summed E-state index contributed by atoms with van der Waals surface area (Å²) in [5.41, 5.74) is 1.36. The van der Waals surface area contributed by atoms with Crippen LogP contribution in [0, 0.1) is 0 Å². The van der Waals surface area contributed by atoms with Crippen LogP contribution < -0.4 is 0 Å². The van der Waals surface area contributed by atoms with Gasteiger partial charge in [-0.25, -0.2) is 0 Å². The zero-order chi connectivity index (χ0) is 9.10. The van der Waals surface area contributed by atoms with Crippen molar-refractivity contribution in [2.24, 2.45) is 0 Å². The molecule has 0 N–H and O–H groups in total. The lowest BCUT2D eigenvalue weighted by Gasteiger charge is -1.99. The summed E-state index contributed by atoms with van der Waals surface area (Å²) in [6.45, 7) is 4.17. The molecule has 0 amide bonds. The Morgan fingerprint density at radius 1 is 1.08 bits per heavy atom. The molecule has 0 radical (unpaired) electrons. The minimum Gasteiger partial charge on any atom is -0.354 e. The fourth-order valence-corrected chi connectivity index (χ4v) is 1.47. The van der Waals surface area contributed by atoms with Crippen LogP contribution in [0.25, 0.3) is 0 Å². The second kappa shape index (κ2) is 3.52. The third kappa shape index (κ3) is 1.83. The fourth-order valence-electron chi connectivity index (χ4n) is 1.47. The van der Waals surface area contributed by atoms with E-state index in [1.54, 1.807) is 0 Å². The Labute approximate surface area is 78.4 Å². The molecule has 0 bridgehead atoms. The van der Waals surface area contributed by atoms with Gasteiger partial charge in [0.05, 0.1) is 0 Å². The summed E-state index contributed by atoms with van der Waals surface area (Å²) >= 11 is 0. The van der Waals surface area contributed by atoms with E-state index in [2.05, 4.69) is 59.0 Å². The van der Waals surface area contributed by atoms with Crippen molar-refractivity contribution in [3.63, 3.8) is 0 Å². The minimum atomic E-state index is 0.972. The van der Waals surface area contributed by atoms with Gasteiger partial charge in [0.15, 0.2) is 0 Å². The average Bonchev–Trinajstić information content (AvgIpc) is 2.76. The summed E-state index contributed by atoms with van der Waals surface area (Å²) < 4.78 is 4.37. The summed E-state index contributed by atoms with van der Waals surface area (Å²) in [7, 11) is 0. The van der Waals surface area contributed by atoms with E-state index in [9.17, 15) is 0 Å². The van der Waals surface area contributed by atoms with Crippen LogP contribution in [0.3, 0.4) is 0 Å². The minimum absolute atomic E-state index is 0.972. The Kier molecular flexibility index (Phi) is 2.21. The van der Waals surface area contributed by atoms with Gasteiger partial charge in [-0.1, -0.05) is 0 Å². The third-order valence-electron chi connectivity index (χ3n) is 2.21. The molecule has 0 aliphatic rings. The molecule has 0 aliphatic carbocycles. The Morgan fingerprint density at radius 2 is 1.85 bits per heavy atom. The molecule has 0 atom stereocenters. The maximum absolute atomic E-state index is 2.19. The van der Waals surface area contributed by atoms with E-state index >= 15 is 0 Å². The molecule has 2 aromatic heterocycles. The van der Waals surface area contributed by atoms with Crippen LogP contribution in [0.4, 0.5) is 0 Å². The molecule has 0 aliphatic heterocycles. The maximum atomic E-state index is 2.19. The normalized spacial score (nSPS) is 10.5.